The molecule has 0 bridgehead atoms. The number of nitrogens with zero attached hydrogens (tertiary/aromatic N) is 3. The maximum absolute atomic E-state index is 7.68. The summed E-state index contributed by atoms with van der Waals surface area (Å²) in [6.07, 6.45) is 16.0. The summed E-state index contributed by atoms with van der Waals surface area (Å²) >= 11 is 0. The molecule has 0 radical (unpaired) electrons. The quantitative estimate of drug-likeness (QED) is 0.267. The lowest BCUT2D eigenvalue weighted by Gasteiger charge is -2.63. The van der Waals surface area contributed by atoms with Crippen LogP contribution < -0.4 is 15.3 Å². The highest BCUT2D eigenvalue weighted by Crippen LogP contribution is 2.68. The fraction of sp³-hybridized carbons (Fsp3) is 0.583. The maximum atomic E-state index is 7.68. The van der Waals surface area contributed by atoms with Crippen molar-refractivity contribution in [3.63, 3.8) is 0 Å². The Morgan fingerprint density at radius 2 is 1.43 bits per heavy atom. The zero-order chi connectivity index (χ0) is 46.1. The van der Waals surface area contributed by atoms with Gasteiger partial charge in [-0.05, 0) is 160 Å². The molecule has 6 atom stereocenters. The third kappa shape index (κ3) is 5.48. The maximum Gasteiger partial charge on any atom is 0.291 e. The molecule has 0 saturated heterocycles. The number of benzene rings is 2. The molecule has 4 nitrogen and oxygen atoms in total. The van der Waals surface area contributed by atoms with Gasteiger partial charge in [0.1, 0.15) is 0 Å². The molecule has 5 heteroatoms. The van der Waals surface area contributed by atoms with Crippen molar-refractivity contribution in [2.24, 2.45) is 44.4 Å². The first-order valence-electron chi connectivity index (χ1n) is 25.7. The van der Waals surface area contributed by atoms with Crippen molar-refractivity contribution >= 4 is 29.3 Å². The minimum Gasteiger partial charge on any atom is -0.479 e. The fourth-order valence-electron chi connectivity index (χ4n) is 15.6. The third-order valence-electron chi connectivity index (χ3n) is 19.7. The molecule has 0 spiro atoms. The van der Waals surface area contributed by atoms with Gasteiger partial charge in [0.2, 0.25) is 0 Å². The number of allylic oxidation sites excluding steroid dienone is 5. The first-order chi connectivity index (χ1) is 30.3. The Kier molecular flexibility index (Phi) is 8.31. The van der Waals surface area contributed by atoms with Crippen LogP contribution in [0, 0.1) is 39.4 Å². The highest BCUT2D eigenvalue weighted by atomic mass is 16.5. The lowest BCUT2D eigenvalue weighted by Crippen LogP contribution is -2.61. The molecule has 2 fully saturated rings. The summed E-state index contributed by atoms with van der Waals surface area (Å²) in [5, 5.41) is 0. The van der Waals surface area contributed by atoms with E-state index in [1.807, 2.05) is 0 Å². The Balaban J connectivity index is 1.17. The number of ether oxygens (including phenoxy) is 1. The number of rotatable bonds is 1. The van der Waals surface area contributed by atoms with Gasteiger partial charge in [0.25, 0.3) is 6.71 Å². The number of hydrogen-bond donors (Lipinski definition) is 0. The highest BCUT2D eigenvalue weighted by molar-refractivity contribution is 6.88. The van der Waals surface area contributed by atoms with E-state index in [9.17, 15) is 0 Å². The standard InChI is InChI=1S/C60H76BN3O/c1-33-29-42-47-43(30-33)64-48-34(2)31-39-44(58(12,13)25-23-56(39,8)9)46(48)60(16)28-27-55(6,7)38-21-22-41(50(64)45(38)60)61(47)52-49(63(42)36-19-17-35(18-20-36)54(3,4)5)37-32-40-51(62-53(37)65-52)59(14,15)26-24-57(40,10)11/h17-22,30-32,37,39,42,44,53H,23-29H2,1-16H3. The van der Waals surface area contributed by atoms with Crippen molar-refractivity contribution in [1.29, 1.82) is 0 Å². The third-order valence-corrected chi connectivity index (χ3v) is 19.7. The first-order valence-corrected chi connectivity index (χ1v) is 25.7. The van der Waals surface area contributed by atoms with E-state index in [-0.39, 0.29) is 62.8 Å². The lowest BCUT2D eigenvalue weighted by molar-refractivity contribution is 0.0161. The molecule has 2 aromatic rings. The molecule has 6 unspecified atom stereocenters. The SMILES string of the molecule is CC1=CC2=C3B(C4=C(C5C=C6C(=NC5O4)C(C)(C)CCC6(C)C)N(c4ccc(C(C)(C)C)cc4)C3C1)c1ccc3c4c1N2C1=C(C2C(C=C1C)C(C)(C)CCC2(C)C)C4(C)CCC3(C)C. The van der Waals surface area contributed by atoms with Crippen LogP contribution in [0.1, 0.15) is 172 Å². The molecule has 2 aromatic carbocycles. The number of anilines is 2. The van der Waals surface area contributed by atoms with Gasteiger partial charge in [-0.1, -0.05) is 139 Å². The molecule has 5 aliphatic heterocycles. The van der Waals surface area contributed by atoms with Gasteiger partial charge in [-0.2, -0.15) is 0 Å². The molecular formula is C60H76BN3O. The zero-order valence-corrected chi connectivity index (χ0v) is 42.9. The Morgan fingerprint density at radius 1 is 0.754 bits per heavy atom. The summed E-state index contributed by atoms with van der Waals surface area (Å²) in [4.78, 5) is 11.4. The second-order valence-corrected chi connectivity index (χ2v) is 27.3. The topological polar surface area (TPSA) is 28.1 Å². The van der Waals surface area contributed by atoms with Crippen LogP contribution in [0.15, 0.2) is 110 Å². The van der Waals surface area contributed by atoms with E-state index in [0.717, 1.165) is 18.5 Å². The summed E-state index contributed by atoms with van der Waals surface area (Å²) in [5.41, 5.74) is 23.6. The summed E-state index contributed by atoms with van der Waals surface area (Å²) in [7, 11) is 0. The van der Waals surface area contributed by atoms with Gasteiger partial charge in [0.05, 0.1) is 23.3 Å². The number of hydrogen-bond acceptors (Lipinski definition) is 4. The van der Waals surface area contributed by atoms with E-state index in [1.165, 1.54) is 99.5 Å². The summed E-state index contributed by atoms with van der Waals surface area (Å²) in [6, 6.07) is 15.0. The van der Waals surface area contributed by atoms with Gasteiger partial charge >= 0.3 is 0 Å². The first kappa shape index (κ1) is 42.4. The van der Waals surface area contributed by atoms with Crippen LogP contribution in [-0.2, 0) is 21.0 Å². The average Bonchev–Trinajstić information content (AvgIpc) is 3.60. The van der Waals surface area contributed by atoms with Crippen molar-refractivity contribution in [3.05, 3.63) is 122 Å². The van der Waals surface area contributed by atoms with E-state index >= 15 is 0 Å². The Morgan fingerprint density at radius 3 is 2.14 bits per heavy atom. The minimum atomic E-state index is -0.274. The van der Waals surface area contributed by atoms with E-state index in [0.29, 0.717) is 11.8 Å². The summed E-state index contributed by atoms with van der Waals surface area (Å²) < 4.78 is 7.68. The monoisotopic (exact) mass is 866 g/mol. The Bertz CT molecular complexity index is 2750. The second kappa shape index (κ2) is 12.8. The number of fused-ring (bicyclic) bond motifs is 10. The Labute approximate surface area is 392 Å². The van der Waals surface area contributed by atoms with E-state index in [2.05, 4.69) is 175 Å². The molecule has 10 aliphatic rings. The second-order valence-electron chi connectivity index (χ2n) is 27.3. The lowest BCUT2D eigenvalue weighted by atomic mass is 9.32. The molecule has 5 heterocycles. The van der Waals surface area contributed by atoms with E-state index in [1.54, 1.807) is 16.7 Å². The molecule has 340 valence electrons. The highest BCUT2D eigenvalue weighted by Gasteiger charge is 2.63. The van der Waals surface area contributed by atoms with Crippen LogP contribution in [0.25, 0.3) is 0 Å². The molecule has 2 saturated carbocycles. The normalized spacial score (nSPS) is 33.5. The van der Waals surface area contributed by atoms with Crippen molar-refractivity contribution < 1.29 is 4.74 Å². The van der Waals surface area contributed by atoms with Gasteiger partial charge in [-0.25, -0.2) is 4.99 Å². The van der Waals surface area contributed by atoms with Gasteiger partial charge in [-0.3, -0.25) is 0 Å². The van der Waals surface area contributed by atoms with Crippen molar-refractivity contribution in [3.8, 4) is 0 Å². The van der Waals surface area contributed by atoms with Crippen LogP contribution in [0.2, 0.25) is 0 Å². The number of aliphatic imine (C=N–C) groups is 1. The van der Waals surface area contributed by atoms with Crippen molar-refractivity contribution in [1.82, 2.24) is 0 Å². The molecule has 5 aliphatic carbocycles. The predicted octanol–water partition coefficient (Wildman–Crippen LogP) is 14.1. The summed E-state index contributed by atoms with van der Waals surface area (Å²) in [5.74, 6) is 1.02. The van der Waals surface area contributed by atoms with E-state index in [4.69, 9.17) is 9.73 Å². The van der Waals surface area contributed by atoms with Crippen LogP contribution in [0.4, 0.5) is 11.4 Å². The predicted molar refractivity (Wildman–Crippen MR) is 273 cm³/mol. The fourth-order valence-corrected chi connectivity index (χ4v) is 15.6. The number of dihydropyridines is 1. The van der Waals surface area contributed by atoms with Gasteiger partial charge in [0.15, 0.2) is 6.23 Å². The van der Waals surface area contributed by atoms with Crippen LogP contribution in [0.5, 0.6) is 0 Å². The van der Waals surface area contributed by atoms with Crippen LogP contribution in [0.3, 0.4) is 0 Å². The average molecular weight is 866 g/mol. The molecule has 0 N–H and O–H groups in total. The smallest absolute Gasteiger partial charge is 0.291 e. The van der Waals surface area contributed by atoms with Crippen LogP contribution >= 0.6 is 0 Å². The Hall–Kier alpha value is -3.99. The van der Waals surface area contributed by atoms with Gasteiger partial charge < -0.3 is 14.5 Å². The van der Waals surface area contributed by atoms with E-state index < -0.39 is 0 Å². The zero-order valence-electron chi connectivity index (χ0n) is 42.9. The summed E-state index contributed by atoms with van der Waals surface area (Å²) in [6.45, 7) is 39.8. The molecule has 12 rings (SSSR count). The largest absolute Gasteiger partial charge is 0.479 e. The molecule has 0 aromatic heterocycles. The van der Waals surface area contributed by atoms with Gasteiger partial charge in [-0.15, -0.1) is 0 Å². The molecular weight excluding hydrogens is 789 g/mol. The molecule has 65 heavy (non-hydrogen) atoms. The molecule has 0 amide bonds. The van der Waals surface area contributed by atoms with Crippen LogP contribution in [-0.4, -0.2) is 24.7 Å². The van der Waals surface area contributed by atoms with Crippen molar-refractivity contribution in [2.75, 3.05) is 9.80 Å². The van der Waals surface area contributed by atoms with Crippen molar-refractivity contribution in [2.45, 2.75) is 184 Å². The van der Waals surface area contributed by atoms with Gasteiger partial charge in [0, 0.05) is 39.3 Å². The minimum absolute atomic E-state index is 0.00909.